The van der Waals surface area contributed by atoms with Crippen LogP contribution in [0.15, 0.2) is 42.7 Å². The van der Waals surface area contributed by atoms with Crippen molar-refractivity contribution in [3.05, 3.63) is 64.7 Å². The molecular formula is C17H17ClFN3O2. The minimum Gasteiger partial charge on any atom is -0.350 e. The second-order valence-corrected chi connectivity index (χ2v) is 5.56. The molecule has 7 heteroatoms. The zero-order valence-corrected chi connectivity index (χ0v) is 13.9. The molecular weight excluding hydrogens is 333 g/mol. The Balaban J connectivity index is 1.93. The third kappa shape index (κ3) is 4.76. The van der Waals surface area contributed by atoms with Gasteiger partial charge in [0.2, 0.25) is 5.91 Å². The lowest BCUT2D eigenvalue weighted by atomic mass is 10.2. The van der Waals surface area contributed by atoms with Crippen molar-refractivity contribution in [3.63, 3.8) is 0 Å². The molecule has 0 radical (unpaired) electrons. The van der Waals surface area contributed by atoms with E-state index in [9.17, 15) is 14.0 Å². The SMILES string of the molecule is CC(=O)N(CCNC(=O)c1c(F)cccc1Cl)Cc1ccncc1. The molecule has 1 aromatic carbocycles. The first kappa shape index (κ1) is 17.9. The van der Waals surface area contributed by atoms with Gasteiger partial charge >= 0.3 is 0 Å². The first-order chi connectivity index (χ1) is 11.5. The van der Waals surface area contributed by atoms with Crippen molar-refractivity contribution >= 4 is 23.4 Å². The van der Waals surface area contributed by atoms with Crippen molar-refractivity contribution in [3.8, 4) is 0 Å². The highest BCUT2D eigenvalue weighted by Gasteiger charge is 2.16. The number of hydrogen-bond donors (Lipinski definition) is 1. The van der Waals surface area contributed by atoms with Gasteiger partial charge in [0.1, 0.15) is 5.82 Å². The highest BCUT2D eigenvalue weighted by molar-refractivity contribution is 6.33. The van der Waals surface area contributed by atoms with E-state index in [0.29, 0.717) is 13.1 Å². The molecule has 1 heterocycles. The molecule has 0 fully saturated rings. The molecule has 1 N–H and O–H groups in total. The van der Waals surface area contributed by atoms with E-state index in [4.69, 9.17) is 11.6 Å². The molecule has 0 atom stereocenters. The topological polar surface area (TPSA) is 62.3 Å². The van der Waals surface area contributed by atoms with Crippen molar-refractivity contribution < 1.29 is 14.0 Å². The quantitative estimate of drug-likeness (QED) is 0.872. The molecule has 0 aliphatic heterocycles. The van der Waals surface area contributed by atoms with Gasteiger partial charge in [0.05, 0.1) is 10.6 Å². The molecule has 0 saturated carbocycles. The number of aromatic nitrogens is 1. The summed E-state index contributed by atoms with van der Waals surface area (Å²) in [7, 11) is 0. The van der Waals surface area contributed by atoms with Crippen LogP contribution >= 0.6 is 11.6 Å². The van der Waals surface area contributed by atoms with Crippen molar-refractivity contribution in [2.45, 2.75) is 13.5 Å². The Labute approximate surface area is 144 Å². The van der Waals surface area contributed by atoms with Gasteiger partial charge in [-0.1, -0.05) is 17.7 Å². The minimum atomic E-state index is -0.680. The summed E-state index contributed by atoms with van der Waals surface area (Å²) < 4.78 is 13.7. The lowest BCUT2D eigenvalue weighted by Crippen LogP contribution is -2.37. The van der Waals surface area contributed by atoms with Gasteiger partial charge in [0.25, 0.3) is 5.91 Å². The summed E-state index contributed by atoms with van der Waals surface area (Å²) in [6.07, 6.45) is 3.30. The van der Waals surface area contributed by atoms with Gasteiger partial charge < -0.3 is 10.2 Å². The Hall–Kier alpha value is -2.47. The predicted octanol–water partition coefficient (Wildman–Crippen LogP) is 2.65. The predicted molar refractivity (Wildman–Crippen MR) is 89.1 cm³/mol. The fourth-order valence-electron chi connectivity index (χ4n) is 2.16. The molecule has 5 nitrogen and oxygen atoms in total. The van der Waals surface area contributed by atoms with E-state index >= 15 is 0 Å². The molecule has 0 spiro atoms. The van der Waals surface area contributed by atoms with Crippen LogP contribution in [0, 0.1) is 5.82 Å². The summed E-state index contributed by atoms with van der Waals surface area (Å²) in [6, 6.07) is 7.68. The van der Waals surface area contributed by atoms with Gasteiger partial charge in [-0.05, 0) is 29.8 Å². The molecule has 2 rings (SSSR count). The first-order valence-electron chi connectivity index (χ1n) is 7.35. The van der Waals surface area contributed by atoms with Crippen LogP contribution in [0.5, 0.6) is 0 Å². The molecule has 0 bridgehead atoms. The Morgan fingerprint density at radius 3 is 2.58 bits per heavy atom. The number of nitrogens with one attached hydrogen (secondary N) is 1. The average Bonchev–Trinajstić information content (AvgIpc) is 2.54. The number of nitrogens with zero attached hydrogens (tertiary/aromatic N) is 2. The van der Waals surface area contributed by atoms with Crippen LogP contribution in [0.3, 0.4) is 0 Å². The number of halogens is 2. The van der Waals surface area contributed by atoms with Crippen LogP contribution in [0.4, 0.5) is 4.39 Å². The van der Waals surface area contributed by atoms with Gasteiger partial charge in [0, 0.05) is 39.0 Å². The maximum absolute atomic E-state index is 13.7. The standard InChI is InChI=1S/C17H17ClFN3O2/c1-12(23)22(11-13-5-7-20-8-6-13)10-9-21-17(24)16-14(18)3-2-4-15(16)19/h2-8H,9-11H2,1H3,(H,21,24). The van der Waals surface area contributed by atoms with E-state index in [0.717, 1.165) is 5.56 Å². The summed E-state index contributed by atoms with van der Waals surface area (Å²) in [4.78, 5) is 29.3. The van der Waals surface area contributed by atoms with Crippen molar-refractivity contribution in [2.24, 2.45) is 0 Å². The van der Waals surface area contributed by atoms with E-state index in [1.165, 1.54) is 25.1 Å². The number of carbonyl (C=O) groups excluding carboxylic acids is 2. The third-order valence-corrected chi connectivity index (χ3v) is 3.74. The number of hydrogen-bond acceptors (Lipinski definition) is 3. The zero-order valence-electron chi connectivity index (χ0n) is 13.1. The normalized spacial score (nSPS) is 10.3. The van der Waals surface area contributed by atoms with Crippen LogP contribution in [0.25, 0.3) is 0 Å². The molecule has 2 aromatic rings. The van der Waals surface area contributed by atoms with Crippen LogP contribution in [0.2, 0.25) is 5.02 Å². The highest BCUT2D eigenvalue weighted by Crippen LogP contribution is 2.18. The summed E-state index contributed by atoms with van der Waals surface area (Å²) in [5.74, 6) is -1.41. The van der Waals surface area contributed by atoms with E-state index in [1.54, 1.807) is 17.3 Å². The maximum atomic E-state index is 13.7. The van der Waals surface area contributed by atoms with Gasteiger partial charge in [-0.25, -0.2) is 4.39 Å². The van der Waals surface area contributed by atoms with Crippen LogP contribution in [-0.4, -0.2) is 34.8 Å². The first-order valence-corrected chi connectivity index (χ1v) is 7.73. The van der Waals surface area contributed by atoms with Crippen LogP contribution in [-0.2, 0) is 11.3 Å². The van der Waals surface area contributed by atoms with Crippen molar-refractivity contribution in [1.29, 1.82) is 0 Å². The minimum absolute atomic E-state index is 0.0488. The second kappa shape index (κ2) is 8.40. The van der Waals surface area contributed by atoms with E-state index in [1.807, 2.05) is 12.1 Å². The number of benzene rings is 1. The van der Waals surface area contributed by atoms with Crippen LogP contribution in [0.1, 0.15) is 22.8 Å². The molecule has 1 aromatic heterocycles. The highest BCUT2D eigenvalue weighted by atomic mass is 35.5. The number of rotatable bonds is 6. The fourth-order valence-corrected chi connectivity index (χ4v) is 2.41. The molecule has 0 aliphatic rings. The van der Waals surface area contributed by atoms with Gasteiger partial charge in [0.15, 0.2) is 0 Å². The van der Waals surface area contributed by atoms with Crippen molar-refractivity contribution in [1.82, 2.24) is 15.2 Å². The van der Waals surface area contributed by atoms with Crippen LogP contribution < -0.4 is 5.32 Å². The Bertz CT molecular complexity index is 705. The molecule has 0 aliphatic carbocycles. The molecule has 126 valence electrons. The second-order valence-electron chi connectivity index (χ2n) is 5.15. The van der Waals surface area contributed by atoms with Gasteiger partial charge in [-0.3, -0.25) is 14.6 Å². The molecule has 0 saturated heterocycles. The number of amides is 2. The van der Waals surface area contributed by atoms with E-state index in [-0.39, 0.29) is 23.0 Å². The van der Waals surface area contributed by atoms with E-state index in [2.05, 4.69) is 10.3 Å². The maximum Gasteiger partial charge on any atom is 0.255 e. The lowest BCUT2D eigenvalue weighted by Gasteiger charge is -2.21. The number of carbonyl (C=O) groups is 2. The largest absolute Gasteiger partial charge is 0.350 e. The number of pyridine rings is 1. The van der Waals surface area contributed by atoms with Crippen molar-refractivity contribution in [2.75, 3.05) is 13.1 Å². The lowest BCUT2D eigenvalue weighted by molar-refractivity contribution is -0.129. The van der Waals surface area contributed by atoms with E-state index < -0.39 is 11.7 Å². The third-order valence-electron chi connectivity index (χ3n) is 3.43. The fraction of sp³-hybridized carbons (Fsp3) is 0.235. The molecule has 0 unspecified atom stereocenters. The summed E-state index contributed by atoms with van der Waals surface area (Å²) in [5, 5.41) is 2.63. The zero-order chi connectivity index (χ0) is 17.5. The Morgan fingerprint density at radius 1 is 1.25 bits per heavy atom. The Morgan fingerprint density at radius 2 is 1.96 bits per heavy atom. The summed E-state index contributed by atoms with van der Waals surface area (Å²) in [6.45, 7) is 2.36. The molecule has 24 heavy (non-hydrogen) atoms. The smallest absolute Gasteiger partial charge is 0.255 e. The van der Waals surface area contributed by atoms with Gasteiger partial charge in [-0.15, -0.1) is 0 Å². The Kier molecular flexibility index (Phi) is 6.26. The monoisotopic (exact) mass is 349 g/mol. The summed E-state index contributed by atoms with van der Waals surface area (Å²) in [5.41, 5.74) is 0.742. The molecule has 2 amide bonds. The van der Waals surface area contributed by atoms with Gasteiger partial charge in [-0.2, -0.15) is 0 Å². The summed E-state index contributed by atoms with van der Waals surface area (Å²) >= 11 is 5.85. The average molecular weight is 350 g/mol.